The van der Waals surface area contributed by atoms with Crippen LogP contribution in [-0.2, 0) is 6.54 Å². The van der Waals surface area contributed by atoms with Crippen LogP contribution in [0.2, 0.25) is 0 Å². The van der Waals surface area contributed by atoms with Crippen molar-refractivity contribution in [3.63, 3.8) is 0 Å². The van der Waals surface area contributed by atoms with E-state index in [1.165, 1.54) is 10.5 Å². The highest BCUT2D eigenvalue weighted by Gasteiger charge is 2.10. The number of hydrogen-bond acceptors (Lipinski definition) is 4. The Morgan fingerprint density at radius 1 is 1.10 bits per heavy atom. The fraction of sp³-hybridized carbons (Fsp3) is 0.250. The monoisotopic (exact) mass is 367 g/mol. The average Bonchev–Trinajstić information content (AvgIpc) is 2.52. The minimum Gasteiger partial charge on any atom is -0.493 e. The van der Waals surface area contributed by atoms with Gasteiger partial charge in [0, 0.05) is 21.6 Å². The van der Waals surface area contributed by atoms with Crippen molar-refractivity contribution in [3.05, 3.63) is 46.4 Å². The van der Waals surface area contributed by atoms with Crippen LogP contribution in [0.3, 0.4) is 0 Å². The summed E-state index contributed by atoms with van der Waals surface area (Å²) in [5, 5.41) is 3.43. The fourth-order valence-corrected chi connectivity index (χ4v) is 3.04. The molecule has 0 aromatic heterocycles. The second-order valence-corrected chi connectivity index (χ2v) is 6.15. The van der Waals surface area contributed by atoms with Gasteiger partial charge >= 0.3 is 0 Å². The zero-order valence-corrected chi connectivity index (χ0v) is 14.7. The zero-order chi connectivity index (χ0) is 15.2. The van der Waals surface area contributed by atoms with Crippen molar-refractivity contribution in [1.82, 2.24) is 0 Å². The van der Waals surface area contributed by atoms with Crippen molar-refractivity contribution in [1.29, 1.82) is 0 Å². The van der Waals surface area contributed by atoms with Crippen molar-refractivity contribution >= 4 is 33.4 Å². The standard InChI is InChI=1S/C16H18BrNO2S/c1-19-14-7-11(16(21-3)9-15(14)20-2)10-18-13-6-4-5-12(17)8-13/h4-9,18H,10H2,1-3H3. The van der Waals surface area contributed by atoms with E-state index in [4.69, 9.17) is 9.47 Å². The Hall–Kier alpha value is -1.33. The van der Waals surface area contributed by atoms with Crippen LogP contribution in [0.15, 0.2) is 45.8 Å². The Kier molecular flexibility index (Phi) is 5.82. The molecule has 2 aromatic carbocycles. The van der Waals surface area contributed by atoms with Gasteiger partial charge in [0.15, 0.2) is 11.5 Å². The van der Waals surface area contributed by atoms with E-state index in [9.17, 15) is 0 Å². The first-order valence-corrected chi connectivity index (χ1v) is 8.48. The summed E-state index contributed by atoms with van der Waals surface area (Å²) in [4.78, 5) is 1.18. The number of anilines is 1. The lowest BCUT2D eigenvalue weighted by Gasteiger charge is -2.15. The number of hydrogen-bond donors (Lipinski definition) is 1. The van der Waals surface area contributed by atoms with Gasteiger partial charge in [0.1, 0.15) is 0 Å². The topological polar surface area (TPSA) is 30.5 Å². The van der Waals surface area contributed by atoms with Crippen LogP contribution >= 0.6 is 27.7 Å². The molecule has 0 bridgehead atoms. The zero-order valence-electron chi connectivity index (χ0n) is 12.3. The van der Waals surface area contributed by atoms with Gasteiger partial charge < -0.3 is 14.8 Å². The molecule has 112 valence electrons. The first-order valence-electron chi connectivity index (χ1n) is 6.46. The molecule has 0 radical (unpaired) electrons. The molecule has 2 aromatic rings. The Morgan fingerprint density at radius 3 is 2.43 bits per heavy atom. The average molecular weight is 368 g/mol. The van der Waals surface area contributed by atoms with Crippen LogP contribution in [0, 0.1) is 0 Å². The lowest BCUT2D eigenvalue weighted by molar-refractivity contribution is 0.353. The second-order valence-electron chi connectivity index (χ2n) is 4.38. The van der Waals surface area contributed by atoms with Crippen LogP contribution in [0.4, 0.5) is 5.69 Å². The van der Waals surface area contributed by atoms with Gasteiger partial charge in [-0.1, -0.05) is 22.0 Å². The summed E-state index contributed by atoms with van der Waals surface area (Å²) < 4.78 is 11.8. The van der Waals surface area contributed by atoms with Gasteiger partial charge in [-0.25, -0.2) is 0 Å². The smallest absolute Gasteiger partial charge is 0.161 e. The van der Waals surface area contributed by atoms with Gasteiger partial charge in [-0.3, -0.25) is 0 Å². The van der Waals surface area contributed by atoms with E-state index in [0.717, 1.165) is 28.2 Å². The Bertz CT molecular complexity index is 619. The van der Waals surface area contributed by atoms with Crippen LogP contribution in [-0.4, -0.2) is 20.5 Å². The van der Waals surface area contributed by atoms with E-state index in [1.54, 1.807) is 26.0 Å². The van der Waals surface area contributed by atoms with Gasteiger partial charge in [-0.2, -0.15) is 0 Å². The number of halogens is 1. The summed E-state index contributed by atoms with van der Waals surface area (Å²) in [5.41, 5.74) is 2.26. The molecule has 0 spiro atoms. The van der Waals surface area contributed by atoms with Crippen LogP contribution < -0.4 is 14.8 Å². The van der Waals surface area contributed by atoms with E-state index < -0.39 is 0 Å². The lowest BCUT2D eigenvalue weighted by Crippen LogP contribution is -2.02. The lowest BCUT2D eigenvalue weighted by atomic mass is 10.2. The first-order chi connectivity index (χ1) is 10.2. The maximum Gasteiger partial charge on any atom is 0.161 e. The third kappa shape index (κ3) is 4.08. The second kappa shape index (κ2) is 7.61. The van der Waals surface area contributed by atoms with E-state index in [2.05, 4.69) is 33.6 Å². The summed E-state index contributed by atoms with van der Waals surface area (Å²) in [6, 6.07) is 12.2. The van der Waals surface area contributed by atoms with E-state index >= 15 is 0 Å². The van der Waals surface area contributed by atoms with Crippen molar-refractivity contribution in [2.75, 3.05) is 25.8 Å². The quantitative estimate of drug-likeness (QED) is 0.742. The molecule has 0 aliphatic heterocycles. The molecule has 0 saturated carbocycles. The van der Waals surface area contributed by atoms with Gasteiger partial charge in [-0.15, -0.1) is 11.8 Å². The van der Waals surface area contributed by atoms with Crippen LogP contribution in [0.5, 0.6) is 11.5 Å². The van der Waals surface area contributed by atoms with Crippen LogP contribution in [0.1, 0.15) is 5.56 Å². The molecule has 0 aliphatic carbocycles. The molecular weight excluding hydrogens is 350 g/mol. The number of methoxy groups -OCH3 is 2. The minimum absolute atomic E-state index is 0.729. The molecular formula is C16H18BrNO2S. The summed E-state index contributed by atoms with van der Waals surface area (Å²) in [5.74, 6) is 1.51. The first kappa shape index (κ1) is 16.0. The van der Waals surface area contributed by atoms with Gasteiger partial charge in [-0.05, 0) is 42.2 Å². The predicted molar refractivity (Wildman–Crippen MR) is 92.8 cm³/mol. The molecule has 5 heteroatoms. The van der Waals surface area contributed by atoms with Crippen molar-refractivity contribution < 1.29 is 9.47 Å². The highest BCUT2D eigenvalue weighted by atomic mass is 79.9. The summed E-state index contributed by atoms with van der Waals surface area (Å²) in [7, 11) is 3.31. The Morgan fingerprint density at radius 2 is 1.81 bits per heavy atom. The van der Waals surface area contributed by atoms with Crippen molar-refractivity contribution in [2.24, 2.45) is 0 Å². The summed E-state index contributed by atoms with van der Waals surface area (Å²) in [6.07, 6.45) is 2.06. The van der Waals surface area contributed by atoms with Gasteiger partial charge in [0.25, 0.3) is 0 Å². The molecule has 0 atom stereocenters. The van der Waals surface area contributed by atoms with Crippen molar-refractivity contribution in [2.45, 2.75) is 11.4 Å². The number of rotatable bonds is 6. The normalized spacial score (nSPS) is 10.3. The molecule has 0 aliphatic rings. The largest absolute Gasteiger partial charge is 0.493 e. The van der Waals surface area contributed by atoms with E-state index in [-0.39, 0.29) is 0 Å². The third-order valence-electron chi connectivity index (χ3n) is 3.09. The van der Waals surface area contributed by atoms with E-state index in [1.807, 2.05) is 30.3 Å². The highest BCUT2D eigenvalue weighted by Crippen LogP contribution is 2.34. The summed E-state index contributed by atoms with van der Waals surface area (Å²) in [6.45, 7) is 0.729. The van der Waals surface area contributed by atoms with Gasteiger partial charge in [0.2, 0.25) is 0 Å². The van der Waals surface area contributed by atoms with Gasteiger partial charge in [0.05, 0.1) is 14.2 Å². The van der Waals surface area contributed by atoms with Crippen molar-refractivity contribution in [3.8, 4) is 11.5 Å². The number of ether oxygens (including phenoxy) is 2. The maximum absolute atomic E-state index is 5.38. The molecule has 0 amide bonds. The molecule has 0 heterocycles. The van der Waals surface area contributed by atoms with Crippen LogP contribution in [0.25, 0.3) is 0 Å². The highest BCUT2D eigenvalue weighted by molar-refractivity contribution is 9.10. The molecule has 3 nitrogen and oxygen atoms in total. The molecule has 21 heavy (non-hydrogen) atoms. The maximum atomic E-state index is 5.38. The summed E-state index contributed by atoms with van der Waals surface area (Å²) >= 11 is 5.18. The number of benzene rings is 2. The molecule has 0 saturated heterocycles. The Balaban J connectivity index is 2.22. The van der Waals surface area contributed by atoms with E-state index in [0.29, 0.717) is 0 Å². The predicted octanol–water partition coefficient (Wildman–Crippen LogP) is 4.80. The SMILES string of the molecule is COc1cc(CNc2cccc(Br)c2)c(SC)cc1OC. The third-order valence-corrected chi connectivity index (χ3v) is 4.41. The molecule has 1 N–H and O–H groups in total. The number of thioether (sulfide) groups is 1. The minimum atomic E-state index is 0.729. The molecule has 0 fully saturated rings. The molecule has 0 unspecified atom stereocenters. The fourth-order valence-electron chi connectivity index (χ4n) is 2.03. The number of nitrogens with one attached hydrogen (secondary N) is 1. The Labute approximate surface area is 138 Å². The molecule has 2 rings (SSSR count).